The van der Waals surface area contributed by atoms with Crippen LogP contribution in [0.3, 0.4) is 0 Å². The number of hydrogen-bond donors (Lipinski definition) is 0. The zero-order chi connectivity index (χ0) is 61.7. The van der Waals surface area contributed by atoms with Crippen molar-refractivity contribution in [2.45, 2.75) is 299 Å². The summed E-state index contributed by atoms with van der Waals surface area (Å²) in [5.41, 5.74) is 4.00. The first-order chi connectivity index (χ1) is 40.3. The summed E-state index contributed by atoms with van der Waals surface area (Å²) in [6.07, 6.45) is 32.4. The van der Waals surface area contributed by atoms with Gasteiger partial charge in [0.2, 0.25) is 0 Å². The van der Waals surface area contributed by atoms with Crippen LogP contribution >= 0.6 is 0 Å². The molecule has 0 N–H and O–H groups in total. The van der Waals surface area contributed by atoms with Gasteiger partial charge in [-0.2, -0.15) is 0 Å². The Morgan fingerprint density at radius 1 is 0.571 bits per heavy atom. The summed E-state index contributed by atoms with van der Waals surface area (Å²) in [6.45, 7) is 16.5. The van der Waals surface area contributed by atoms with Gasteiger partial charge in [-0.1, -0.05) is 200 Å². The fourth-order valence-electron chi connectivity index (χ4n) is 11.2. The minimum atomic E-state index is -1.08. The molecule has 0 aliphatic carbocycles. The molecule has 2 aromatic carbocycles. The van der Waals surface area contributed by atoms with Crippen LogP contribution in [-0.2, 0) is 66.2 Å². The van der Waals surface area contributed by atoms with E-state index < -0.39 is 47.3 Å². The molecule has 0 saturated carbocycles. The largest absolute Gasteiger partial charge is 0.496 e. The standard InChI is InChI=1S/C70H108O14/c1-11-13-15-17-19-21-23-25-27-29-31-33-35-37-60(72)79-48-56(49-80-61(73)38-36-34-32-30-28-26-24-22-20-18-16-14-12-2)82-62(74)43-44-63(75)83-59-46-52(4)45-53(5)66(59)70(8,9)47-64(76)84-68-57(42-40-51(3)39-41-54(6)71)67(78-10)55(7)58-50-81-69(77)65(58)68/h40,45-46,56H,11-39,41-44,47-50H2,1-10H3/b51-40+. The minimum absolute atomic E-state index is 0.000219. The van der Waals surface area contributed by atoms with E-state index in [9.17, 15) is 33.6 Å². The van der Waals surface area contributed by atoms with Crippen molar-refractivity contribution in [3.63, 3.8) is 0 Å². The molecule has 2 aromatic rings. The summed E-state index contributed by atoms with van der Waals surface area (Å²) in [5.74, 6) is -2.80. The maximum absolute atomic E-state index is 14.2. The Hall–Kier alpha value is -5.53. The second-order valence-electron chi connectivity index (χ2n) is 24.3. The monoisotopic (exact) mass is 1170 g/mol. The molecule has 0 unspecified atom stereocenters. The number of rotatable bonds is 47. The molecule has 0 spiro atoms. The topological polar surface area (TPSA) is 184 Å². The van der Waals surface area contributed by atoms with E-state index in [1.807, 2.05) is 53.7 Å². The first kappa shape index (κ1) is 72.7. The molecular weight excluding hydrogens is 1060 g/mol. The molecule has 0 atom stereocenters. The van der Waals surface area contributed by atoms with E-state index in [0.717, 1.165) is 55.2 Å². The number of aryl methyl sites for hydroxylation is 2. The molecule has 0 bridgehead atoms. The summed E-state index contributed by atoms with van der Waals surface area (Å²) in [4.78, 5) is 92.0. The van der Waals surface area contributed by atoms with Gasteiger partial charge >= 0.3 is 35.8 Å². The molecule has 0 saturated heterocycles. The highest BCUT2D eigenvalue weighted by Crippen LogP contribution is 2.44. The van der Waals surface area contributed by atoms with Crippen molar-refractivity contribution in [2.75, 3.05) is 20.3 Å². The fraction of sp³-hybridized carbons (Fsp3) is 0.700. The van der Waals surface area contributed by atoms with Gasteiger partial charge < -0.3 is 38.0 Å². The number of Topliss-reactive ketones (excluding diaryl/α,β-unsaturated/α-hetero) is 1. The lowest BCUT2D eigenvalue weighted by molar-refractivity contribution is -0.167. The van der Waals surface area contributed by atoms with Crippen molar-refractivity contribution in [1.82, 2.24) is 0 Å². The van der Waals surface area contributed by atoms with Gasteiger partial charge in [-0.15, -0.1) is 0 Å². The van der Waals surface area contributed by atoms with Crippen LogP contribution in [0.25, 0.3) is 0 Å². The lowest BCUT2D eigenvalue weighted by Crippen LogP contribution is -2.31. The molecule has 0 aromatic heterocycles. The molecule has 3 rings (SSSR count). The predicted octanol–water partition coefficient (Wildman–Crippen LogP) is 17.1. The van der Waals surface area contributed by atoms with E-state index in [1.54, 1.807) is 13.0 Å². The van der Waals surface area contributed by atoms with Crippen molar-refractivity contribution in [1.29, 1.82) is 0 Å². The third-order valence-corrected chi connectivity index (χ3v) is 16.0. The van der Waals surface area contributed by atoms with Gasteiger partial charge in [-0.3, -0.25) is 24.0 Å². The number of fused-ring (bicyclic) bond motifs is 1. The number of allylic oxidation sites excluding steroid dienone is 2. The van der Waals surface area contributed by atoms with Gasteiger partial charge in [0.1, 0.15) is 42.7 Å². The summed E-state index contributed by atoms with van der Waals surface area (Å²) < 4.78 is 40.3. The number of carbonyl (C=O) groups excluding carboxylic acids is 7. The lowest BCUT2D eigenvalue weighted by Gasteiger charge is -2.29. The molecule has 0 fully saturated rings. The zero-order valence-corrected chi connectivity index (χ0v) is 53.7. The number of hydrogen-bond acceptors (Lipinski definition) is 14. The van der Waals surface area contributed by atoms with Crippen LogP contribution in [0.5, 0.6) is 17.2 Å². The second-order valence-corrected chi connectivity index (χ2v) is 24.3. The molecule has 1 aliphatic rings. The third-order valence-electron chi connectivity index (χ3n) is 16.0. The van der Waals surface area contributed by atoms with Crippen LogP contribution in [-0.4, -0.2) is 68.0 Å². The molecule has 84 heavy (non-hydrogen) atoms. The number of esters is 6. The average molecular weight is 1170 g/mol. The van der Waals surface area contributed by atoms with Crippen LogP contribution in [0.1, 0.15) is 297 Å². The number of ether oxygens (including phenoxy) is 7. The average Bonchev–Trinajstić information content (AvgIpc) is 2.27. The zero-order valence-electron chi connectivity index (χ0n) is 53.7. The number of cyclic esters (lactones) is 1. The summed E-state index contributed by atoms with van der Waals surface area (Å²) >= 11 is 0. The Labute approximate surface area is 505 Å². The number of ketones is 1. The van der Waals surface area contributed by atoms with Crippen molar-refractivity contribution in [3.05, 3.63) is 62.7 Å². The highest BCUT2D eigenvalue weighted by molar-refractivity contribution is 5.99. The number of unbranched alkanes of at least 4 members (excludes halogenated alkanes) is 24. The number of benzene rings is 2. The molecule has 0 amide bonds. The quantitative estimate of drug-likeness (QED) is 0.0200. The van der Waals surface area contributed by atoms with Crippen LogP contribution < -0.4 is 14.2 Å². The number of methoxy groups -OCH3 is 1. The first-order valence-electron chi connectivity index (χ1n) is 32.4. The first-order valence-corrected chi connectivity index (χ1v) is 32.4. The van der Waals surface area contributed by atoms with E-state index in [-0.39, 0.29) is 81.2 Å². The SMILES string of the molecule is CCCCCCCCCCCCCCCC(=O)OCC(COC(=O)CCCCCCCCCCCCCCC)OC(=O)CCC(=O)Oc1cc(C)cc(C)c1C(C)(C)CC(=O)Oc1c(C/C=C(\C)CCC(C)=O)c(OC)c(C)c2c1C(=O)OC2. The van der Waals surface area contributed by atoms with Gasteiger partial charge in [0.25, 0.3) is 0 Å². The van der Waals surface area contributed by atoms with Crippen molar-refractivity contribution in [2.24, 2.45) is 0 Å². The fourth-order valence-corrected chi connectivity index (χ4v) is 11.2. The van der Waals surface area contributed by atoms with E-state index in [4.69, 9.17) is 33.2 Å². The maximum Gasteiger partial charge on any atom is 0.342 e. The smallest absolute Gasteiger partial charge is 0.342 e. The molecule has 1 aliphatic heterocycles. The summed E-state index contributed by atoms with van der Waals surface area (Å²) in [7, 11) is 1.52. The number of carbonyl (C=O) groups is 7. The van der Waals surface area contributed by atoms with Gasteiger partial charge in [0.15, 0.2) is 11.9 Å². The normalized spacial score (nSPS) is 12.3. The summed E-state index contributed by atoms with van der Waals surface area (Å²) in [5, 5.41) is 0. The van der Waals surface area contributed by atoms with Gasteiger partial charge in [0, 0.05) is 41.4 Å². The molecule has 472 valence electrons. The van der Waals surface area contributed by atoms with Gasteiger partial charge in [-0.25, -0.2) is 4.79 Å². The second kappa shape index (κ2) is 41.5. The third kappa shape index (κ3) is 28.6. The molecular formula is C70H108O14. The predicted molar refractivity (Wildman–Crippen MR) is 331 cm³/mol. The van der Waals surface area contributed by atoms with E-state index in [1.165, 1.54) is 123 Å². The molecule has 14 nitrogen and oxygen atoms in total. The summed E-state index contributed by atoms with van der Waals surface area (Å²) in [6, 6.07) is 3.62. The molecule has 14 heteroatoms. The van der Waals surface area contributed by atoms with E-state index >= 15 is 0 Å². The van der Waals surface area contributed by atoms with Gasteiger partial charge in [0.05, 0.1) is 26.4 Å². The molecule has 0 radical (unpaired) electrons. The Morgan fingerprint density at radius 3 is 1.52 bits per heavy atom. The van der Waals surface area contributed by atoms with Crippen LogP contribution in [0.15, 0.2) is 23.8 Å². The van der Waals surface area contributed by atoms with Gasteiger partial charge in [-0.05, 0) is 83.1 Å². The van der Waals surface area contributed by atoms with Crippen LogP contribution in [0, 0.1) is 20.8 Å². The molecule has 1 heterocycles. The van der Waals surface area contributed by atoms with Crippen molar-refractivity contribution >= 4 is 41.6 Å². The van der Waals surface area contributed by atoms with E-state index in [0.29, 0.717) is 53.7 Å². The van der Waals surface area contributed by atoms with Crippen LogP contribution in [0.2, 0.25) is 0 Å². The Morgan fingerprint density at radius 2 is 1.05 bits per heavy atom. The van der Waals surface area contributed by atoms with E-state index in [2.05, 4.69) is 13.8 Å². The van der Waals surface area contributed by atoms with Crippen molar-refractivity contribution in [3.8, 4) is 17.2 Å². The minimum Gasteiger partial charge on any atom is -0.496 e. The highest BCUT2D eigenvalue weighted by atomic mass is 16.6. The Bertz CT molecular complexity index is 2350. The van der Waals surface area contributed by atoms with Crippen LogP contribution in [0.4, 0.5) is 0 Å². The highest BCUT2D eigenvalue weighted by Gasteiger charge is 2.37. The Balaban J connectivity index is 1.63. The Kier molecular flexibility index (Phi) is 35.9. The maximum atomic E-state index is 14.2. The van der Waals surface area contributed by atoms with Crippen molar-refractivity contribution < 1.29 is 66.7 Å². The lowest BCUT2D eigenvalue weighted by atomic mass is 9.78.